The SMILES string of the molecule is CCCNC(=O)CN1CCC(NCCC(C)C)CC1. The lowest BCUT2D eigenvalue weighted by Gasteiger charge is -2.32. The van der Waals surface area contributed by atoms with E-state index in [1.165, 1.54) is 19.3 Å². The molecule has 0 aromatic carbocycles. The molecule has 0 spiro atoms. The summed E-state index contributed by atoms with van der Waals surface area (Å²) in [5, 5.41) is 6.58. The van der Waals surface area contributed by atoms with E-state index in [1.807, 2.05) is 0 Å². The molecule has 1 amide bonds. The molecule has 19 heavy (non-hydrogen) atoms. The number of likely N-dealkylation sites (tertiary alicyclic amines) is 1. The van der Waals surface area contributed by atoms with Crippen LogP contribution in [0.4, 0.5) is 0 Å². The maximum atomic E-state index is 11.6. The van der Waals surface area contributed by atoms with E-state index in [1.54, 1.807) is 0 Å². The van der Waals surface area contributed by atoms with Crippen LogP contribution in [0.15, 0.2) is 0 Å². The predicted octanol–water partition coefficient (Wildman–Crippen LogP) is 1.61. The first-order valence-corrected chi connectivity index (χ1v) is 7.84. The molecular weight excluding hydrogens is 238 g/mol. The number of rotatable bonds is 8. The lowest BCUT2D eigenvalue weighted by atomic mass is 10.0. The summed E-state index contributed by atoms with van der Waals surface area (Å²) in [6.45, 7) is 11.2. The maximum absolute atomic E-state index is 11.6. The van der Waals surface area contributed by atoms with Gasteiger partial charge in [-0.05, 0) is 38.1 Å². The van der Waals surface area contributed by atoms with Gasteiger partial charge in [-0.2, -0.15) is 0 Å². The molecule has 0 aliphatic carbocycles. The molecule has 1 fully saturated rings. The summed E-state index contributed by atoms with van der Waals surface area (Å²) < 4.78 is 0. The molecule has 1 rings (SSSR count). The average Bonchev–Trinajstić information content (AvgIpc) is 2.38. The van der Waals surface area contributed by atoms with E-state index in [-0.39, 0.29) is 5.91 Å². The molecular formula is C15H31N3O. The average molecular weight is 269 g/mol. The van der Waals surface area contributed by atoms with Crippen LogP contribution in [0.3, 0.4) is 0 Å². The highest BCUT2D eigenvalue weighted by molar-refractivity contribution is 5.77. The Bertz CT molecular complexity index is 248. The Morgan fingerprint density at radius 2 is 1.95 bits per heavy atom. The lowest BCUT2D eigenvalue weighted by molar-refractivity contribution is -0.122. The number of carbonyl (C=O) groups is 1. The van der Waals surface area contributed by atoms with E-state index in [2.05, 4.69) is 36.3 Å². The Kier molecular flexibility index (Phi) is 8.07. The number of amides is 1. The summed E-state index contributed by atoms with van der Waals surface area (Å²) in [5.41, 5.74) is 0. The van der Waals surface area contributed by atoms with E-state index < -0.39 is 0 Å². The molecule has 0 aromatic rings. The van der Waals surface area contributed by atoms with Gasteiger partial charge < -0.3 is 10.6 Å². The molecule has 2 N–H and O–H groups in total. The molecule has 1 aliphatic heterocycles. The zero-order chi connectivity index (χ0) is 14.1. The second-order valence-electron chi connectivity index (χ2n) is 6.04. The fourth-order valence-electron chi connectivity index (χ4n) is 2.39. The largest absolute Gasteiger partial charge is 0.355 e. The summed E-state index contributed by atoms with van der Waals surface area (Å²) in [4.78, 5) is 13.9. The normalized spacial score (nSPS) is 17.9. The van der Waals surface area contributed by atoms with Gasteiger partial charge in [0, 0.05) is 25.7 Å². The van der Waals surface area contributed by atoms with Crippen molar-refractivity contribution in [2.75, 3.05) is 32.7 Å². The summed E-state index contributed by atoms with van der Waals surface area (Å²) in [6, 6.07) is 0.647. The van der Waals surface area contributed by atoms with Gasteiger partial charge in [0.25, 0.3) is 0 Å². The number of carbonyl (C=O) groups excluding carboxylic acids is 1. The van der Waals surface area contributed by atoms with Crippen molar-refractivity contribution in [3.8, 4) is 0 Å². The van der Waals surface area contributed by atoms with Crippen LogP contribution >= 0.6 is 0 Å². The van der Waals surface area contributed by atoms with Crippen LogP contribution in [0.1, 0.15) is 46.5 Å². The van der Waals surface area contributed by atoms with E-state index in [4.69, 9.17) is 0 Å². The van der Waals surface area contributed by atoms with Crippen molar-refractivity contribution >= 4 is 5.91 Å². The quantitative estimate of drug-likeness (QED) is 0.704. The van der Waals surface area contributed by atoms with Crippen LogP contribution < -0.4 is 10.6 Å². The van der Waals surface area contributed by atoms with Crippen LogP contribution in [0.25, 0.3) is 0 Å². The van der Waals surface area contributed by atoms with Gasteiger partial charge in [0.15, 0.2) is 0 Å². The number of hydrogen-bond acceptors (Lipinski definition) is 3. The standard InChI is InChI=1S/C15H31N3O/c1-4-8-17-15(19)12-18-10-6-14(7-11-18)16-9-5-13(2)3/h13-14,16H,4-12H2,1-3H3,(H,17,19). The van der Waals surface area contributed by atoms with E-state index in [0.717, 1.165) is 38.5 Å². The first-order valence-electron chi connectivity index (χ1n) is 7.84. The zero-order valence-electron chi connectivity index (χ0n) is 12.9. The maximum Gasteiger partial charge on any atom is 0.234 e. The van der Waals surface area contributed by atoms with Gasteiger partial charge in [0.2, 0.25) is 5.91 Å². The molecule has 1 heterocycles. The monoisotopic (exact) mass is 269 g/mol. The van der Waals surface area contributed by atoms with Gasteiger partial charge in [0.05, 0.1) is 6.54 Å². The second-order valence-corrected chi connectivity index (χ2v) is 6.04. The molecule has 0 saturated carbocycles. The third-order valence-electron chi connectivity index (χ3n) is 3.68. The van der Waals surface area contributed by atoms with E-state index in [0.29, 0.717) is 12.6 Å². The van der Waals surface area contributed by atoms with Crippen molar-refractivity contribution in [2.45, 2.75) is 52.5 Å². The van der Waals surface area contributed by atoms with E-state index in [9.17, 15) is 4.79 Å². The zero-order valence-corrected chi connectivity index (χ0v) is 12.9. The summed E-state index contributed by atoms with van der Waals surface area (Å²) in [5.74, 6) is 0.947. The number of piperidine rings is 1. The Labute approximate surface area is 118 Å². The summed E-state index contributed by atoms with van der Waals surface area (Å²) in [6.07, 6.45) is 4.59. The summed E-state index contributed by atoms with van der Waals surface area (Å²) >= 11 is 0. The van der Waals surface area contributed by atoms with Gasteiger partial charge in [-0.25, -0.2) is 0 Å². The predicted molar refractivity (Wildman–Crippen MR) is 80.2 cm³/mol. The van der Waals surface area contributed by atoms with Gasteiger partial charge in [0.1, 0.15) is 0 Å². The Hall–Kier alpha value is -0.610. The molecule has 112 valence electrons. The van der Waals surface area contributed by atoms with Gasteiger partial charge in [-0.3, -0.25) is 9.69 Å². The smallest absolute Gasteiger partial charge is 0.234 e. The number of nitrogens with one attached hydrogen (secondary N) is 2. The van der Waals surface area contributed by atoms with Crippen molar-refractivity contribution in [3.63, 3.8) is 0 Å². The van der Waals surface area contributed by atoms with Crippen molar-refractivity contribution in [3.05, 3.63) is 0 Å². The molecule has 0 unspecified atom stereocenters. The van der Waals surface area contributed by atoms with Crippen molar-refractivity contribution in [2.24, 2.45) is 5.92 Å². The highest BCUT2D eigenvalue weighted by atomic mass is 16.2. The minimum absolute atomic E-state index is 0.174. The highest BCUT2D eigenvalue weighted by Crippen LogP contribution is 2.10. The van der Waals surface area contributed by atoms with E-state index >= 15 is 0 Å². The van der Waals surface area contributed by atoms with Gasteiger partial charge >= 0.3 is 0 Å². The Morgan fingerprint density at radius 3 is 2.53 bits per heavy atom. The van der Waals surface area contributed by atoms with Crippen molar-refractivity contribution in [1.29, 1.82) is 0 Å². The Balaban J connectivity index is 2.09. The number of hydrogen-bond donors (Lipinski definition) is 2. The molecule has 0 radical (unpaired) electrons. The van der Waals surface area contributed by atoms with Crippen LogP contribution in [0, 0.1) is 5.92 Å². The van der Waals surface area contributed by atoms with Gasteiger partial charge in [-0.15, -0.1) is 0 Å². The van der Waals surface area contributed by atoms with Crippen LogP contribution in [-0.4, -0.2) is 49.6 Å². The van der Waals surface area contributed by atoms with Crippen molar-refractivity contribution < 1.29 is 4.79 Å². The van der Waals surface area contributed by atoms with Crippen LogP contribution in [0.5, 0.6) is 0 Å². The fourth-order valence-corrected chi connectivity index (χ4v) is 2.39. The first-order chi connectivity index (χ1) is 9.11. The summed E-state index contributed by atoms with van der Waals surface area (Å²) in [7, 11) is 0. The minimum Gasteiger partial charge on any atom is -0.355 e. The molecule has 4 nitrogen and oxygen atoms in total. The lowest BCUT2D eigenvalue weighted by Crippen LogP contribution is -2.46. The number of nitrogens with zero attached hydrogens (tertiary/aromatic N) is 1. The molecule has 0 atom stereocenters. The second kappa shape index (κ2) is 9.32. The minimum atomic E-state index is 0.174. The molecule has 0 bridgehead atoms. The fraction of sp³-hybridized carbons (Fsp3) is 0.933. The third kappa shape index (κ3) is 7.53. The topological polar surface area (TPSA) is 44.4 Å². The first kappa shape index (κ1) is 16.4. The molecule has 4 heteroatoms. The molecule has 1 aliphatic rings. The molecule has 0 aromatic heterocycles. The molecule has 1 saturated heterocycles. The van der Waals surface area contributed by atoms with Gasteiger partial charge in [-0.1, -0.05) is 20.8 Å². The third-order valence-corrected chi connectivity index (χ3v) is 3.68. The van der Waals surface area contributed by atoms with Crippen LogP contribution in [0.2, 0.25) is 0 Å². The van der Waals surface area contributed by atoms with Crippen molar-refractivity contribution in [1.82, 2.24) is 15.5 Å². The Morgan fingerprint density at radius 1 is 1.26 bits per heavy atom. The highest BCUT2D eigenvalue weighted by Gasteiger charge is 2.20. The van der Waals surface area contributed by atoms with Crippen LogP contribution in [-0.2, 0) is 4.79 Å².